The van der Waals surface area contributed by atoms with Crippen LogP contribution in [0.25, 0.3) is 0 Å². The molecule has 0 atom stereocenters. The number of benzene rings is 1. The number of halogens is 2. The molecule has 0 radical (unpaired) electrons. The van der Waals surface area contributed by atoms with Crippen LogP contribution in [0.3, 0.4) is 0 Å². The summed E-state index contributed by atoms with van der Waals surface area (Å²) < 4.78 is 18.4. The smallest absolute Gasteiger partial charge is 0.316 e. The first-order valence-electron chi connectivity index (χ1n) is 4.83. The Bertz CT molecular complexity index is 525. The highest BCUT2D eigenvalue weighted by Gasteiger charge is 2.10. The number of carbonyl (C=O) groups is 1. The highest BCUT2D eigenvalue weighted by molar-refractivity contribution is 9.10. The molecular weight excluding hydrogens is 307 g/mol. The first kappa shape index (κ1) is 12.3. The average Bonchev–Trinajstić information content (AvgIpc) is 2.75. The highest BCUT2D eigenvalue weighted by atomic mass is 79.9. The molecule has 1 aromatic heterocycles. The fourth-order valence-electron chi connectivity index (χ4n) is 1.27. The minimum Gasteiger partial charge on any atom is -0.425 e. The Kier molecular flexibility index (Phi) is 3.91. The van der Waals surface area contributed by atoms with Gasteiger partial charge < -0.3 is 4.74 Å². The summed E-state index contributed by atoms with van der Waals surface area (Å²) in [6, 6.07) is 7.67. The molecule has 88 valence electrons. The maximum absolute atomic E-state index is 12.8. The first-order valence-corrected chi connectivity index (χ1v) is 6.50. The van der Waals surface area contributed by atoms with E-state index in [1.807, 2.05) is 17.5 Å². The lowest BCUT2D eigenvalue weighted by Crippen LogP contribution is -2.10. The van der Waals surface area contributed by atoms with Crippen LogP contribution in [0.2, 0.25) is 0 Å². The van der Waals surface area contributed by atoms with Crippen molar-refractivity contribution in [2.45, 2.75) is 6.42 Å². The van der Waals surface area contributed by atoms with Crippen LogP contribution in [0.4, 0.5) is 4.39 Å². The molecule has 0 unspecified atom stereocenters. The van der Waals surface area contributed by atoms with Gasteiger partial charge in [-0.25, -0.2) is 4.39 Å². The fourth-order valence-corrected chi connectivity index (χ4v) is 2.39. The summed E-state index contributed by atoms with van der Waals surface area (Å²) in [6.45, 7) is 0. The second kappa shape index (κ2) is 5.42. The van der Waals surface area contributed by atoms with Gasteiger partial charge in [0.2, 0.25) is 0 Å². The van der Waals surface area contributed by atoms with E-state index in [2.05, 4.69) is 15.9 Å². The zero-order chi connectivity index (χ0) is 12.3. The van der Waals surface area contributed by atoms with Crippen molar-refractivity contribution in [1.29, 1.82) is 0 Å². The van der Waals surface area contributed by atoms with Crippen molar-refractivity contribution in [3.63, 3.8) is 0 Å². The summed E-state index contributed by atoms with van der Waals surface area (Å²) in [5.74, 6) is -0.414. The van der Waals surface area contributed by atoms with Gasteiger partial charge in [0.05, 0.1) is 10.9 Å². The Balaban J connectivity index is 2.03. The van der Waals surface area contributed by atoms with Gasteiger partial charge in [-0.1, -0.05) is 6.07 Å². The van der Waals surface area contributed by atoms with Crippen molar-refractivity contribution in [3.8, 4) is 5.75 Å². The quantitative estimate of drug-likeness (QED) is 0.636. The molecule has 0 N–H and O–H groups in total. The molecule has 17 heavy (non-hydrogen) atoms. The van der Waals surface area contributed by atoms with E-state index in [9.17, 15) is 9.18 Å². The summed E-state index contributed by atoms with van der Waals surface area (Å²) in [5.41, 5.74) is 0. The Morgan fingerprint density at radius 3 is 2.88 bits per heavy atom. The van der Waals surface area contributed by atoms with Crippen LogP contribution in [0, 0.1) is 5.82 Å². The van der Waals surface area contributed by atoms with E-state index in [1.54, 1.807) is 0 Å². The summed E-state index contributed by atoms with van der Waals surface area (Å²) in [7, 11) is 0. The van der Waals surface area contributed by atoms with Gasteiger partial charge in [-0.15, -0.1) is 11.3 Å². The van der Waals surface area contributed by atoms with E-state index >= 15 is 0 Å². The molecule has 0 aliphatic rings. The Morgan fingerprint density at radius 1 is 1.41 bits per heavy atom. The second-order valence-corrected chi connectivity index (χ2v) is 5.19. The Labute approximate surface area is 110 Å². The van der Waals surface area contributed by atoms with Gasteiger partial charge in [0.25, 0.3) is 0 Å². The van der Waals surface area contributed by atoms with Gasteiger partial charge in [0.15, 0.2) is 0 Å². The van der Waals surface area contributed by atoms with Gasteiger partial charge in [0.1, 0.15) is 11.6 Å². The van der Waals surface area contributed by atoms with Crippen molar-refractivity contribution in [2.24, 2.45) is 0 Å². The minimum absolute atomic E-state index is 0.224. The summed E-state index contributed by atoms with van der Waals surface area (Å²) in [5, 5.41) is 1.90. The predicted molar refractivity (Wildman–Crippen MR) is 67.8 cm³/mol. The van der Waals surface area contributed by atoms with E-state index in [-0.39, 0.29) is 18.2 Å². The Hall–Kier alpha value is -1.20. The molecule has 0 fully saturated rings. The SMILES string of the molecule is O=C(Cc1cccs1)Oc1ccc(F)cc1Br. The van der Waals surface area contributed by atoms with E-state index in [4.69, 9.17) is 4.74 Å². The summed E-state index contributed by atoms with van der Waals surface area (Å²) in [4.78, 5) is 12.5. The van der Waals surface area contributed by atoms with E-state index < -0.39 is 0 Å². The van der Waals surface area contributed by atoms with Crippen LogP contribution in [-0.2, 0) is 11.2 Å². The number of rotatable bonds is 3. The van der Waals surface area contributed by atoms with Crippen LogP contribution in [0.15, 0.2) is 40.2 Å². The second-order valence-electron chi connectivity index (χ2n) is 3.30. The van der Waals surface area contributed by atoms with Gasteiger partial charge in [-0.2, -0.15) is 0 Å². The minimum atomic E-state index is -0.380. The molecular formula is C12H8BrFO2S. The molecule has 0 aliphatic heterocycles. The number of hydrogen-bond acceptors (Lipinski definition) is 3. The molecule has 0 amide bonds. The number of carbonyl (C=O) groups excluding carboxylic acids is 1. The molecule has 1 aromatic carbocycles. The van der Waals surface area contributed by atoms with Gasteiger partial charge in [0, 0.05) is 4.88 Å². The van der Waals surface area contributed by atoms with E-state index in [0.717, 1.165) is 4.88 Å². The monoisotopic (exact) mass is 314 g/mol. The van der Waals surface area contributed by atoms with Gasteiger partial charge in [-0.3, -0.25) is 4.79 Å². The van der Waals surface area contributed by atoms with Crippen molar-refractivity contribution in [1.82, 2.24) is 0 Å². The van der Waals surface area contributed by atoms with Crippen molar-refractivity contribution < 1.29 is 13.9 Å². The Morgan fingerprint density at radius 2 is 2.24 bits per heavy atom. The number of hydrogen-bond donors (Lipinski definition) is 0. The molecule has 2 rings (SSSR count). The molecule has 0 saturated carbocycles. The topological polar surface area (TPSA) is 26.3 Å². The average molecular weight is 315 g/mol. The van der Waals surface area contributed by atoms with Crippen molar-refractivity contribution in [2.75, 3.05) is 0 Å². The van der Waals surface area contributed by atoms with Gasteiger partial charge in [-0.05, 0) is 45.6 Å². The molecule has 0 aliphatic carbocycles. The van der Waals surface area contributed by atoms with Crippen LogP contribution < -0.4 is 4.74 Å². The fraction of sp³-hybridized carbons (Fsp3) is 0.0833. The largest absolute Gasteiger partial charge is 0.425 e. The van der Waals surface area contributed by atoms with Gasteiger partial charge >= 0.3 is 5.97 Å². The van der Waals surface area contributed by atoms with Crippen molar-refractivity contribution >= 4 is 33.2 Å². The van der Waals surface area contributed by atoms with Crippen LogP contribution in [0.1, 0.15) is 4.88 Å². The first-order chi connectivity index (χ1) is 8.15. The normalized spacial score (nSPS) is 10.2. The zero-order valence-corrected chi connectivity index (χ0v) is 11.1. The number of esters is 1. The molecule has 5 heteroatoms. The number of ether oxygens (including phenoxy) is 1. The van der Waals surface area contributed by atoms with Crippen LogP contribution in [0.5, 0.6) is 5.75 Å². The lowest BCUT2D eigenvalue weighted by molar-refractivity contribution is -0.133. The van der Waals surface area contributed by atoms with E-state index in [1.165, 1.54) is 29.5 Å². The maximum atomic E-state index is 12.8. The maximum Gasteiger partial charge on any atom is 0.316 e. The molecule has 1 heterocycles. The van der Waals surface area contributed by atoms with Crippen molar-refractivity contribution in [3.05, 3.63) is 50.9 Å². The molecule has 0 bridgehead atoms. The lowest BCUT2D eigenvalue weighted by Gasteiger charge is -2.05. The molecule has 2 aromatic rings. The molecule has 2 nitrogen and oxygen atoms in total. The third-order valence-corrected chi connectivity index (χ3v) is 3.51. The molecule has 0 saturated heterocycles. The van der Waals surface area contributed by atoms with E-state index in [0.29, 0.717) is 10.2 Å². The van der Waals surface area contributed by atoms with Crippen LogP contribution >= 0.6 is 27.3 Å². The highest BCUT2D eigenvalue weighted by Crippen LogP contribution is 2.26. The molecule has 0 spiro atoms. The van der Waals surface area contributed by atoms with Crippen LogP contribution in [-0.4, -0.2) is 5.97 Å². The third kappa shape index (κ3) is 3.38. The summed E-state index contributed by atoms with van der Waals surface area (Å²) >= 11 is 4.63. The predicted octanol–water partition coefficient (Wildman–Crippen LogP) is 3.80. The lowest BCUT2D eigenvalue weighted by atomic mass is 10.3. The summed E-state index contributed by atoms with van der Waals surface area (Å²) in [6.07, 6.45) is 0.224. The number of thiophene rings is 1. The third-order valence-electron chi connectivity index (χ3n) is 2.02. The zero-order valence-electron chi connectivity index (χ0n) is 8.65. The standard InChI is InChI=1S/C12H8BrFO2S/c13-10-6-8(14)3-4-11(10)16-12(15)7-9-2-1-5-17-9/h1-6H,7H2.